The molecule has 4 nitrogen and oxygen atoms in total. The number of nitrogens with zero attached hydrogens (tertiary/aromatic N) is 2. The predicted octanol–water partition coefficient (Wildman–Crippen LogP) is 3.67. The number of aliphatic hydroxyl groups excluding tert-OH is 1. The van der Waals surface area contributed by atoms with Gasteiger partial charge in [0.15, 0.2) is 0 Å². The third kappa shape index (κ3) is 2.50. The second-order valence-corrected chi connectivity index (χ2v) is 7.61. The van der Waals surface area contributed by atoms with Crippen molar-refractivity contribution in [3.8, 4) is 5.88 Å². The topological polar surface area (TPSA) is 55.2 Å². The fourth-order valence-corrected chi connectivity index (χ4v) is 5.11. The Morgan fingerprint density at radius 3 is 2.86 bits per heavy atom. The van der Waals surface area contributed by atoms with E-state index in [1.807, 2.05) is 0 Å². The molecule has 1 fully saturated rings. The van der Waals surface area contributed by atoms with Crippen molar-refractivity contribution in [3.63, 3.8) is 0 Å². The van der Waals surface area contributed by atoms with E-state index in [9.17, 15) is 5.11 Å². The normalized spacial score (nSPS) is 22.1. The average Bonchev–Trinajstić information content (AvgIpc) is 3.12. The maximum atomic E-state index is 9.64. The Balaban J connectivity index is 1.63. The largest absolute Gasteiger partial charge is 0.477 e. The van der Waals surface area contributed by atoms with Crippen LogP contribution in [0.25, 0.3) is 10.2 Å². The highest BCUT2D eigenvalue weighted by atomic mass is 32.1. The van der Waals surface area contributed by atoms with E-state index in [1.165, 1.54) is 42.5 Å². The van der Waals surface area contributed by atoms with Gasteiger partial charge in [0.1, 0.15) is 11.2 Å². The highest BCUT2D eigenvalue weighted by Gasteiger charge is 2.29. The summed E-state index contributed by atoms with van der Waals surface area (Å²) in [6.07, 6.45) is 10.3. The molecule has 118 valence electrons. The summed E-state index contributed by atoms with van der Waals surface area (Å²) in [7, 11) is 0. The van der Waals surface area contributed by atoms with Crippen LogP contribution < -0.4 is 4.74 Å². The molecule has 0 unspecified atom stereocenters. The first kappa shape index (κ1) is 14.4. The number of rotatable bonds is 4. The Kier molecular flexibility index (Phi) is 4.01. The molecule has 0 amide bonds. The molecule has 1 N–H and O–H groups in total. The molecule has 1 atom stereocenters. The molecule has 4 rings (SSSR count). The smallest absolute Gasteiger partial charge is 0.225 e. The van der Waals surface area contributed by atoms with Crippen LogP contribution in [0.4, 0.5) is 0 Å². The molecule has 0 saturated heterocycles. The van der Waals surface area contributed by atoms with E-state index in [1.54, 1.807) is 17.7 Å². The van der Waals surface area contributed by atoms with Crippen molar-refractivity contribution in [3.05, 3.63) is 16.8 Å². The molecule has 2 aromatic heterocycles. The van der Waals surface area contributed by atoms with Crippen LogP contribution in [0.15, 0.2) is 6.33 Å². The Morgan fingerprint density at radius 2 is 2.05 bits per heavy atom. The van der Waals surface area contributed by atoms with Crippen LogP contribution in [-0.4, -0.2) is 28.3 Å². The number of fused-ring (bicyclic) bond motifs is 3. The monoisotopic (exact) mass is 318 g/mol. The Labute approximate surface area is 134 Å². The maximum Gasteiger partial charge on any atom is 0.225 e. The number of aryl methyl sites for hydroxylation is 1. The maximum absolute atomic E-state index is 9.64. The summed E-state index contributed by atoms with van der Waals surface area (Å²) in [6.45, 7) is 0.969. The molecule has 0 aliphatic heterocycles. The van der Waals surface area contributed by atoms with E-state index in [0.29, 0.717) is 5.92 Å². The Bertz CT molecular complexity index is 664. The highest BCUT2D eigenvalue weighted by Crippen LogP contribution is 2.45. The molecular formula is C17H22N2O2S. The van der Waals surface area contributed by atoms with Gasteiger partial charge in [-0.2, -0.15) is 0 Å². The van der Waals surface area contributed by atoms with Gasteiger partial charge in [-0.1, -0.05) is 19.3 Å². The number of hydrogen-bond donors (Lipinski definition) is 1. The average molecular weight is 318 g/mol. The summed E-state index contributed by atoms with van der Waals surface area (Å²) >= 11 is 1.74. The molecule has 2 aliphatic carbocycles. The van der Waals surface area contributed by atoms with Crippen LogP contribution in [0, 0.1) is 5.92 Å². The Hall–Kier alpha value is -1.20. The number of thiophene rings is 1. The van der Waals surface area contributed by atoms with Crippen molar-refractivity contribution in [2.45, 2.75) is 50.9 Å². The molecule has 2 aromatic rings. The molecule has 0 spiro atoms. The van der Waals surface area contributed by atoms with Crippen LogP contribution in [-0.2, 0) is 6.42 Å². The summed E-state index contributed by atoms with van der Waals surface area (Å²) < 4.78 is 6.11. The van der Waals surface area contributed by atoms with Gasteiger partial charge in [-0.25, -0.2) is 9.97 Å². The number of hydrogen-bond acceptors (Lipinski definition) is 5. The number of aliphatic hydroxyl groups is 1. The van der Waals surface area contributed by atoms with Gasteiger partial charge >= 0.3 is 0 Å². The van der Waals surface area contributed by atoms with Gasteiger partial charge in [0.2, 0.25) is 5.88 Å². The van der Waals surface area contributed by atoms with Gasteiger partial charge in [-0.3, -0.25) is 0 Å². The van der Waals surface area contributed by atoms with Crippen LogP contribution in [0.2, 0.25) is 0 Å². The van der Waals surface area contributed by atoms with Gasteiger partial charge in [0, 0.05) is 10.8 Å². The number of ether oxygens (including phenoxy) is 1. The predicted molar refractivity (Wildman–Crippen MR) is 87.6 cm³/mol. The standard InChI is InChI=1S/C17H22N2O2S/c20-8-12-6-7-13-14(12)15-16(18-10-19-17(15)22-13)21-9-11-4-2-1-3-5-11/h10-12,20H,1-9H2/t12-/m1/s1. The van der Waals surface area contributed by atoms with Crippen LogP contribution in [0.1, 0.15) is 54.9 Å². The third-order valence-electron chi connectivity index (χ3n) is 5.10. The minimum absolute atomic E-state index is 0.204. The molecule has 5 heteroatoms. The molecule has 0 aromatic carbocycles. The molecule has 2 aliphatic rings. The van der Waals surface area contributed by atoms with Crippen molar-refractivity contribution in [1.82, 2.24) is 9.97 Å². The van der Waals surface area contributed by atoms with Crippen LogP contribution in [0.3, 0.4) is 0 Å². The minimum atomic E-state index is 0.204. The zero-order valence-corrected chi connectivity index (χ0v) is 13.6. The van der Waals surface area contributed by atoms with Gasteiger partial charge in [0.25, 0.3) is 0 Å². The lowest BCUT2D eigenvalue weighted by molar-refractivity contribution is 0.204. The summed E-state index contributed by atoms with van der Waals surface area (Å²) in [4.78, 5) is 11.2. The lowest BCUT2D eigenvalue weighted by Crippen LogP contribution is -2.16. The van der Waals surface area contributed by atoms with Crippen molar-refractivity contribution in [2.24, 2.45) is 5.92 Å². The third-order valence-corrected chi connectivity index (χ3v) is 6.27. The quantitative estimate of drug-likeness (QED) is 0.934. The van der Waals surface area contributed by atoms with E-state index in [4.69, 9.17) is 4.74 Å². The van der Waals surface area contributed by atoms with Gasteiger partial charge < -0.3 is 9.84 Å². The molecule has 0 bridgehead atoms. The zero-order valence-electron chi connectivity index (χ0n) is 12.8. The minimum Gasteiger partial charge on any atom is -0.477 e. The fourth-order valence-electron chi connectivity index (χ4n) is 3.88. The summed E-state index contributed by atoms with van der Waals surface area (Å²) in [5.74, 6) is 1.62. The van der Waals surface area contributed by atoms with Crippen molar-refractivity contribution in [2.75, 3.05) is 13.2 Å². The van der Waals surface area contributed by atoms with Gasteiger partial charge in [-0.05, 0) is 37.2 Å². The summed E-state index contributed by atoms with van der Waals surface area (Å²) in [5, 5.41) is 10.7. The van der Waals surface area contributed by atoms with E-state index in [-0.39, 0.29) is 12.5 Å². The SMILES string of the molecule is OC[C@H]1CCc2sc3ncnc(OCC4CCCCC4)c3c21. The molecule has 22 heavy (non-hydrogen) atoms. The van der Waals surface area contributed by atoms with E-state index in [0.717, 1.165) is 35.5 Å². The first-order chi connectivity index (χ1) is 10.9. The first-order valence-electron chi connectivity index (χ1n) is 8.36. The van der Waals surface area contributed by atoms with Crippen LogP contribution in [0.5, 0.6) is 5.88 Å². The lowest BCUT2D eigenvalue weighted by Gasteiger charge is -2.21. The number of aromatic nitrogens is 2. The van der Waals surface area contributed by atoms with Gasteiger partial charge in [0.05, 0.1) is 18.6 Å². The van der Waals surface area contributed by atoms with E-state index < -0.39 is 0 Å². The molecule has 1 saturated carbocycles. The molecular weight excluding hydrogens is 296 g/mol. The molecule has 2 heterocycles. The summed E-state index contributed by atoms with van der Waals surface area (Å²) in [6, 6.07) is 0. The van der Waals surface area contributed by atoms with Crippen molar-refractivity contribution >= 4 is 21.6 Å². The second kappa shape index (κ2) is 6.13. The highest BCUT2D eigenvalue weighted by molar-refractivity contribution is 7.19. The Morgan fingerprint density at radius 1 is 1.18 bits per heavy atom. The second-order valence-electron chi connectivity index (χ2n) is 6.53. The van der Waals surface area contributed by atoms with E-state index in [2.05, 4.69) is 9.97 Å². The summed E-state index contributed by atoms with van der Waals surface area (Å²) in [5.41, 5.74) is 1.25. The lowest BCUT2D eigenvalue weighted by atomic mass is 9.90. The van der Waals surface area contributed by atoms with E-state index >= 15 is 0 Å². The van der Waals surface area contributed by atoms with Gasteiger partial charge in [-0.15, -0.1) is 11.3 Å². The van der Waals surface area contributed by atoms with Crippen molar-refractivity contribution in [1.29, 1.82) is 0 Å². The fraction of sp³-hybridized carbons (Fsp3) is 0.647. The zero-order chi connectivity index (χ0) is 14.9. The first-order valence-corrected chi connectivity index (χ1v) is 9.18. The molecule has 0 radical (unpaired) electrons. The van der Waals surface area contributed by atoms with Crippen LogP contribution >= 0.6 is 11.3 Å². The van der Waals surface area contributed by atoms with Crippen molar-refractivity contribution < 1.29 is 9.84 Å².